The van der Waals surface area contributed by atoms with Crippen LogP contribution in [-0.2, 0) is 0 Å². The molecule has 2 atom stereocenters. The molecule has 2 aromatic heterocycles. The number of allylic oxidation sites excluding steroid dienone is 5. The number of nitrogens with zero attached hydrogens (tertiary/aromatic N) is 3. The highest BCUT2D eigenvalue weighted by Crippen LogP contribution is 2.43. The maximum absolute atomic E-state index is 6.08. The lowest BCUT2D eigenvalue weighted by Crippen LogP contribution is -2.14. The minimum Gasteiger partial charge on any atom is -0.456 e. The first kappa shape index (κ1) is 33.0. The highest BCUT2D eigenvalue weighted by molar-refractivity contribution is 6.06. The van der Waals surface area contributed by atoms with Crippen LogP contribution in [0.5, 0.6) is 0 Å². The Kier molecular flexibility index (Phi) is 7.92. The van der Waals surface area contributed by atoms with E-state index in [4.69, 9.17) is 19.4 Å². The second-order valence-electron chi connectivity index (χ2n) is 14.8. The number of rotatable bonds is 6. The van der Waals surface area contributed by atoms with Crippen LogP contribution in [0.2, 0.25) is 0 Å². The van der Waals surface area contributed by atoms with Crippen LogP contribution >= 0.6 is 0 Å². The van der Waals surface area contributed by atoms with Crippen LogP contribution in [0, 0.1) is 5.92 Å². The number of fused-ring (bicyclic) bond motifs is 6. The molecule has 4 heteroatoms. The van der Waals surface area contributed by atoms with E-state index in [2.05, 4.69) is 152 Å². The predicted molar refractivity (Wildman–Crippen MR) is 233 cm³/mol. The van der Waals surface area contributed by atoms with Gasteiger partial charge >= 0.3 is 0 Å². The van der Waals surface area contributed by atoms with Gasteiger partial charge in [-0.2, -0.15) is 0 Å². The number of hydrogen-bond acceptors (Lipinski definition) is 4. The molecule has 0 radical (unpaired) electrons. The van der Waals surface area contributed by atoms with Crippen LogP contribution in [0.4, 0.5) is 0 Å². The highest BCUT2D eigenvalue weighted by Gasteiger charge is 2.26. The molecule has 0 bridgehead atoms. The van der Waals surface area contributed by atoms with Gasteiger partial charge in [0.2, 0.25) is 0 Å². The molecule has 0 N–H and O–H groups in total. The van der Waals surface area contributed by atoms with Gasteiger partial charge in [0.05, 0.1) is 0 Å². The largest absolute Gasteiger partial charge is 0.456 e. The Labute approximate surface area is 330 Å². The molecule has 57 heavy (non-hydrogen) atoms. The Morgan fingerprint density at radius 2 is 0.912 bits per heavy atom. The van der Waals surface area contributed by atoms with Gasteiger partial charge in [0.1, 0.15) is 11.2 Å². The number of benzene rings is 7. The van der Waals surface area contributed by atoms with E-state index < -0.39 is 0 Å². The normalized spacial score (nSPS) is 15.7. The molecule has 4 nitrogen and oxygen atoms in total. The van der Waals surface area contributed by atoms with Crippen LogP contribution in [0.15, 0.2) is 199 Å². The van der Waals surface area contributed by atoms with Crippen molar-refractivity contribution in [2.24, 2.45) is 5.92 Å². The zero-order valence-corrected chi connectivity index (χ0v) is 31.0. The van der Waals surface area contributed by atoms with Crippen LogP contribution in [0.3, 0.4) is 0 Å². The minimum absolute atomic E-state index is 0.298. The van der Waals surface area contributed by atoms with Crippen molar-refractivity contribution in [2.45, 2.75) is 5.92 Å². The van der Waals surface area contributed by atoms with Gasteiger partial charge in [0, 0.05) is 39.3 Å². The van der Waals surface area contributed by atoms with Gasteiger partial charge < -0.3 is 4.42 Å². The van der Waals surface area contributed by atoms with Crippen LogP contribution < -0.4 is 0 Å². The standard InChI is InChI=1S/C53H35N3O/c1-3-9-34(10-4-1)35-15-19-38(20-16-35)52-54-51(37-11-5-2-6-12-37)55-53(56-52)39-21-17-36(18-22-39)40-25-28-45-43(31-40)23-24-44-32-41(26-29-46(44)45)42-27-30-50-48(33-42)47-13-7-8-14-49(47)57-50/h1-33,44,46H. The van der Waals surface area contributed by atoms with Crippen LogP contribution in [0.1, 0.15) is 22.6 Å². The summed E-state index contributed by atoms with van der Waals surface area (Å²) in [7, 11) is 0. The quantitative estimate of drug-likeness (QED) is 0.171. The molecule has 0 saturated carbocycles. The summed E-state index contributed by atoms with van der Waals surface area (Å²) in [6, 6.07) is 59.2. The summed E-state index contributed by atoms with van der Waals surface area (Å²) in [5, 5.41) is 2.31. The summed E-state index contributed by atoms with van der Waals surface area (Å²) in [6.45, 7) is 0. The van der Waals surface area contributed by atoms with E-state index in [1.807, 2.05) is 48.5 Å². The Morgan fingerprint density at radius 3 is 1.61 bits per heavy atom. The van der Waals surface area contributed by atoms with Crippen molar-refractivity contribution in [1.29, 1.82) is 0 Å². The zero-order valence-electron chi connectivity index (χ0n) is 31.0. The fraction of sp³-hybridized carbons (Fsp3) is 0.0377. The maximum atomic E-state index is 6.08. The van der Waals surface area contributed by atoms with Crippen molar-refractivity contribution in [3.63, 3.8) is 0 Å². The molecule has 0 saturated heterocycles. The first-order valence-electron chi connectivity index (χ1n) is 19.4. The van der Waals surface area contributed by atoms with E-state index in [0.29, 0.717) is 29.3 Å². The summed E-state index contributed by atoms with van der Waals surface area (Å²) in [4.78, 5) is 14.9. The Balaban J connectivity index is 0.867. The summed E-state index contributed by atoms with van der Waals surface area (Å²) >= 11 is 0. The van der Waals surface area contributed by atoms with Gasteiger partial charge in [0.15, 0.2) is 17.5 Å². The molecule has 268 valence electrons. The molecular weight excluding hydrogens is 695 g/mol. The summed E-state index contributed by atoms with van der Waals surface area (Å²) in [5.41, 5.74) is 14.4. The minimum atomic E-state index is 0.298. The Morgan fingerprint density at radius 1 is 0.386 bits per heavy atom. The van der Waals surface area contributed by atoms with Crippen molar-refractivity contribution in [2.75, 3.05) is 0 Å². The smallest absolute Gasteiger partial charge is 0.164 e. The maximum Gasteiger partial charge on any atom is 0.164 e. The van der Waals surface area contributed by atoms with Crippen molar-refractivity contribution in [1.82, 2.24) is 15.0 Å². The molecule has 7 aromatic carbocycles. The number of aromatic nitrogens is 3. The number of para-hydroxylation sites is 1. The van der Waals surface area contributed by atoms with Gasteiger partial charge in [-0.25, -0.2) is 15.0 Å². The lowest BCUT2D eigenvalue weighted by molar-refractivity contribution is 0.669. The Hall–Kier alpha value is -7.43. The zero-order chi connectivity index (χ0) is 37.7. The fourth-order valence-corrected chi connectivity index (χ4v) is 8.31. The second kappa shape index (κ2) is 13.7. The average molecular weight is 730 g/mol. The topological polar surface area (TPSA) is 51.8 Å². The molecule has 0 spiro atoms. The highest BCUT2D eigenvalue weighted by atomic mass is 16.3. The summed E-state index contributed by atoms with van der Waals surface area (Å²) in [5.74, 6) is 2.54. The van der Waals surface area contributed by atoms with Gasteiger partial charge in [-0.3, -0.25) is 0 Å². The Bertz CT molecular complexity index is 3050. The molecule has 2 aliphatic rings. The van der Waals surface area contributed by atoms with Crippen molar-refractivity contribution < 1.29 is 4.42 Å². The van der Waals surface area contributed by atoms with E-state index >= 15 is 0 Å². The van der Waals surface area contributed by atoms with E-state index in [1.54, 1.807) is 0 Å². The third-order valence-corrected chi connectivity index (χ3v) is 11.3. The summed E-state index contributed by atoms with van der Waals surface area (Å²) < 4.78 is 6.08. The van der Waals surface area contributed by atoms with Crippen molar-refractivity contribution in [3.8, 4) is 56.4 Å². The monoisotopic (exact) mass is 729 g/mol. The average Bonchev–Trinajstić information content (AvgIpc) is 3.67. The van der Waals surface area contributed by atoms with E-state index in [-0.39, 0.29) is 0 Å². The third-order valence-electron chi connectivity index (χ3n) is 11.3. The molecule has 9 aromatic rings. The fourth-order valence-electron chi connectivity index (χ4n) is 8.31. The third kappa shape index (κ3) is 6.09. The molecule has 2 heterocycles. The molecule has 0 fully saturated rings. The van der Waals surface area contributed by atoms with Gasteiger partial charge in [0.25, 0.3) is 0 Å². The van der Waals surface area contributed by atoms with E-state index in [0.717, 1.165) is 49.8 Å². The van der Waals surface area contributed by atoms with Crippen LogP contribution in [0.25, 0.3) is 90.0 Å². The summed E-state index contributed by atoms with van der Waals surface area (Å²) in [6.07, 6.45) is 11.7. The van der Waals surface area contributed by atoms with Crippen molar-refractivity contribution >= 4 is 33.6 Å². The van der Waals surface area contributed by atoms with Crippen molar-refractivity contribution in [3.05, 3.63) is 211 Å². The molecular formula is C53H35N3O. The number of furan rings is 1. The van der Waals surface area contributed by atoms with Gasteiger partial charge in [-0.05, 0) is 68.8 Å². The lowest BCUT2D eigenvalue weighted by Gasteiger charge is -2.29. The first-order valence-corrected chi connectivity index (χ1v) is 19.4. The predicted octanol–water partition coefficient (Wildman–Crippen LogP) is 13.5. The van der Waals surface area contributed by atoms with E-state index in [1.165, 1.54) is 33.4 Å². The SMILES string of the molecule is C1=CC2c3ccc(-c4ccc(-c5nc(-c6ccccc6)nc(-c6ccc(-c7ccccc7)cc6)n5)cc4)cc3C=CC2C=C1c1ccc2oc3ccccc3c2c1. The molecule has 2 unspecified atom stereocenters. The second-order valence-corrected chi connectivity index (χ2v) is 14.8. The van der Waals surface area contributed by atoms with E-state index in [9.17, 15) is 0 Å². The molecule has 0 amide bonds. The lowest BCUT2D eigenvalue weighted by atomic mass is 9.74. The molecule has 2 aliphatic carbocycles. The van der Waals surface area contributed by atoms with Crippen LogP contribution in [-0.4, -0.2) is 15.0 Å². The van der Waals surface area contributed by atoms with Gasteiger partial charge in [-0.15, -0.1) is 0 Å². The number of hydrogen-bond donors (Lipinski definition) is 0. The first-order chi connectivity index (χ1) is 28.2. The van der Waals surface area contributed by atoms with Gasteiger partial charge in [-0.1, -0.05) is 176 Å². The molecule has 11 rings (SSSR count). The molecule has 0 aliphatic heterocycles.